The fraction of sp³-hybridized carbons (Fsp3) is 0.394. The molecule has 0 radical (unpaired) electrons. The summed E-state index contributed by atoms with van der Waals surface area (Å²) < 4.78 is 29.2. The average Bonchev–Trinajstić information content (AvgIpc) is 2.91. The van der Waals surface area contributed by atoms with E-state index in [9.17, 15) is 18.0 Å². The van der Waals surface area contributed by atoms with Crippen molar-refractivity contribution in [1.29, 1.82) is 0 Å². The molecule has 3 aromatic carbocycles. The van der Waals surface area contributed by atoms with Crippen molar-refractivity contribution in [2.75, 3.05) is 10.8 Å². The summed E-state index contributed by atoms with van der Waals surface area (Å²) in [5.41, 5.74) is 2.72. The minimum atomic E-state index is -4.10. The van der Waals surface area contributed by atoms with Crippen LogP contribution >= 0.6 is 0 Å². The molecule has 1 N–H and O–H groups in total. The standard InChI is InChI=1S/C33H43N3O4S/c1-8-30(32(38)34-33(5,6)7)35(22-26-12-10-9-11-13-26)31(37)23-36(28-18-16-27(17-19-28)24(2)3)41(39,40)29-20-14-25(4)15-21-29/h9-21,24,30H,8,22-23H2,1-7H3,(H,34,38)/t30-/m1/s1. The molecule has 0 bridgehead atoms. The number of carbonyl (C=O) groups excluding carboxylic acids is 2. The first-order chi connectivity index (χ1) is 19.2. The molecule has 0 unspecified atom stereocenters. The Hall–Kier alpha value is -3.65. The Balaban J connectivity index is 2.07. The fourth-order valence-electron chi connectivity index (χ4n) is 4.54. The minimum Gasteiger partial charge on any atom is -0.350 e. The lowest BCUT2D eigenvalue weighted by atomic mass is 10.0. The molecular weight excluding hydrogens is 534 g/mol. The molecule has 0 aliphatic carbocycles. The number of sulfonamides is 1. The second kappa shape index (κ2) is 13.3. The van der Waals surface area contributed by atoms with Crippen LogP contribution in [0.5, 0.6) is 0 Å². The average molecular weight is 578 g/mol. The first kappa shape index (κ1) is 31.9. The van der Waals surface area contributed by atoms with Crippen LogP contribution in [0.3, 0.4) is 0 Å². The van der Waals surface area contributed by atoms with Gasteiger partial charge in [0.15, 0.2) is 0 Å². The maximum atomic E-state index is 14.1. The molecule has 0 aliphatic heterocycles. The van der Waals surface area contributed by atoms with Crippen molar-refractivity contribution in [3.05, 3.63) is 95.6 Å². The lowest BCUT2D eigenvalue weighted by Gasteiger charge is -2.34. The summed E-state index contributed by atoms with van der Waals surface area (Å²) in [6, 6.07) is 22.4. The van der Waals surface area contributed by atoms with Crippen molar-refractivity contribution in [2.24, 2.45) is 0 Å². The van der Waals surface area contributed by atoms with Gasteiger partial charge < -0.3 is 10.2 Å². The summed E-state index contributed by atoms with van der Waals surface area (Å²) in [5.74, 6) is -0.479. The lowest BCUT2D eigenvalue weighted by molar-refractivity contribution is -0.141. The molecule has 0 spiro atoms. The first-order valence-corrected chi connectivity index (χ1v) is 15.5. The maximum Gasteiger partial charge on any atom is 0.264 e. The number of nitrogens with zero attached hydrogens (tertiary/aromatic N) is 2. The largest absolute Gasteiger partial charge is 0.350 e. The molecule has 0 fully saturated rings. The summed E-state index contributed by atoms with van der Waals surface area (Å²) in [7, 11) is -4.10. The maximum absolute atomic E-state index is 14.1. The van der Waals surface area contributed by atoms with E-state index in [0.29, 0.717) is 12.1 Å². The van der Waals surface area contributed by atoms with Gasteiger partial charge in [-0.1, -0.05) is 80.9 Å². The van der Waals surface area contributed by atoms with Gasteiger partial charge in [0, 0.05) is 12.1 Å². The van der Waals surface area contributed by atoms with Crippen LogP contribution in [0.4, 0.5) is 5.69 Å². The molecule has 3 rings (SSSR count). The smallest absolute Gasteiger partial charge is 0.264 e. The molecule has 0 aliphatic rings. The number of benzene rings is 3. The molecule has 8 heteroatoms. The number of anilines is 1. The number of hydrogen-bond donors (Lipinski definition) is 1. The monoisotopic (exact) mass is 577 g/mol. The Kier molecular flexibility index (Phi) is 10.4. The molecule has 0 saturated heterocycles. The highest BCUT2D eigenvalue weighted by atomic mass is 32.2. The third-order valence-electron chi connectivity index (χ3n) is 6.82. The van der Waals surface area contributed by atoms with E-state index in [2.05, 4.69) is 19.2 Å². The van der Waals surface area contributed by atoms with Crippen LogP contribution in [-0.2, 0) is 26.2 Å². The highest BCUT2D eigenvalue weighted by molar-refractivity contribution is 7.92. The van der Waals surface area contributed by atoms with Crippen molar-refractivity contribution in [3.8, 4) is 0 Å². The molecule has 0 saturated carbocycles. The van der Waals surface area contributed by atoms with Crippen molar-refractivity contribution in [3.63, 3.8) is 0 Å². The Bertz CT molecular complexity index is 1410. The van der Waals surface area contributed by atoms with Crippen LogP contribution in [0.1, 0.15) is 70.6 Å². The Morgan fingerprint density at radius 2 is 1.46 bits per heavy atom. The van der Waals surface area contributed by atoms with Crippen molar-refractivity contribution in [1.82, 2.24) is 10.2 Å². The molecule has 0 heterocycles. The quantitative estimate of drug-likeness (QED) is 0.301. The highest BCUT2D eigenvalue weighted by Gasteiger charge is 2.34. The van der Waals surface area contributed by atoms with Crippen LogP contribution in [0.2, 0.25) is 0 Å². The molecule has 220 valence electrons. The van der Waals surface area contributed by atoms with E-state index in [1.807, 2.05) is 77.1 Å². The lowest BCUT2D eigenvalue weighted by Crippen LogP contribution is -2.55. The Morgan fingerprint density at radius 3 is 1.98 bits per heavy atom. The topological polar surface area (TPSA) is 86.8 Å². The number of hydrogen-bond acceptors (Lipinski definition) is 4. The molecule has 0 aromatic heterocycles. The highest BCUT2D eigenvalue weighted by Crippen LogP contribution is 2.27. The van der Waals surface area contributed by atoms with Gasteiger partial charge in [-0.25, -0.2) is 8.42 Å². The van der Waals surface area contributed by atoms with E-state index in [1.165, 1.54) is 4.90 Å². The molecule has 41 heavy (non-hydrogen) atoms. The van der Waals surface area contributed by atoms with E-state index in [1.54, 1.807) is 36.4 Å². The minimum absolute atomic E-state index is 0.0935. The third kappa shape index (κ3) is 8.43. The SMILES string of the molecule is CC[C@H](C(=O)NC(C)(C)C)N(Cc1ccccc1)C(=O)CN(c1ccc(C(C)C)cc1)S(=O)(=O)c1ccc(C)cc1. The first-order valence-electron chi connectivity index (χ1n) is 14.1. The molecule has 7 nitrogen and oxygen atoms in total. The number of rotatable bonds is 11. The van der Waals surface area contributed by atoms with Crippen LogP contribution in [0.15, 0.2) is 83.8 Å². The van der Waals surface area contributed by atoms with Gasteiger partial charge >= 0.3 is 0 Å². The zero-order valence-electron chi connectivity index (χ0n) is 25.2. The second-order valence-electron chi connectivity index (χ2n) is 11.7. The molecule has 3 aromatic rings. The Morgan fingerprint density at radius 1 is 0.878 bits per heavy atom. The summed E-state index contributed by atoms with van der Waals surface area (Å²) >= 11 is 0. The van der Waals surface area contributed by atoms with Gasteiger partial charge in [-0.3, -0.25) is 13.9 Å². The van der Waals surface area contributed by atoms with Crippen molar-refractivity contribution >= 4 is 27.5 Å². The zero-order chi connectivity index (χ0) is 30.4. The number of aryl methyl sites for hydroxylation is 1. The third-order valence-corrected chi connectivity index (χ3v) is 8.60. The van der Waals surface area contributed by atoms with Crippen molar-refractivity contribution < 1.29 is 18.0 Å². The van der Waals surface area contributed by atoms with Gasteiger partial charge in [-0.05, 0) is 75.4 Å². The van der Waals surface area contributed by atoms with Gasteiger partial charge in [-0.2, -0.15) is 0 Å². The number of carbonyl (C=O) groups is 2. The molecular formula is C33H43N3O4S. The van der Waals surface area contributed by atoms with Gasteiger partial charge in [0.25, 0.3) is 10.0 Å². The van der Waals surface area contributed by atoms with E-state index in [0.717, 1.165) is 21.0 Å². The van der Waals surface area contributed by atoms with Gasteiger partial charge in [0.2, 0.25) is 11.8 Å². The normalized spacial score (nSPS) is 12.6. The molecule has 1 atom stereocenters. The number of nitrogens with one attached hydrogen (secondary N) is 1. The van der Waals surface area contributed by atoms with Gasteiger partial charge in [-0.15, -0.1) is 0 Å². The molecule has 2 amide bonds. The van der Waals surface area contributed by atoms with Crippen LogP contribution in [0, 0.1) is 6.92 Å². The van der Waals surface area contributed by atoms with E-state index < -0.39 is 34.1 Å². The predicted octanol–water partition coefficient (Wildman–Crippen LogP) is 6.04. The Labute approximate surface area is 245 Å². The van der Waals surface area contributed by atoms with E-state index in [4.69, 9.17) is 0 Å². The van der Waals surface area contributed by atoms with Gasteiger partial charge in [0.1, 0.15) is 12.6 Å². The van der Waals surface area contributed by atoms with Crippen LogP contribution < -0.4 is 9.62 Å². The van der Waals surface area contributed by atoms with Crippen LogP contribution in [0.25, 0.3) is 0 Å². The van der Waals surface area contributed by atoms with E-state index >= 15 is 0 Å². The van der Waals surface area contributed by atoms with Gasteiger partial charge in [0.05, 0.1) is 10.6 Å². The zero-order valence-corrected chi connectivity index (χ0v) is 26.0. The summed E-state index contributed by atoms with van der Waals surface area (Å²) in [5, 5.41) is 2.99. The summed E-state index contributed by atoms with van der Waals surface area (Å²) in [6.45, 7) is 13.2. The fourth-order valence-corrected chi connectivity index (χ4v) is 5.96. The van der Waals surface area contributed by atoms with Crippen LogP contribution in [-0.4, -0.2) is 43.3 Å². The summed E-state index contributed by atoms with van der Waals surface area (Å²) in [4.78, 5) is 29.1. The number of amides is 2. The predicted molar refractivity (Wildman–Crippen MR) is 165 cm³/mol. The summed E-state index contributed by atoms with van der Waals surface area (Å²) in [6.07, 6.45) is 0.369. The van der Waals surface area contributed by atoms with Crippen molar-refractivity contribution in [2.45, 2.75) is 83.8 Å². The van der Waals surface area contributed by atoms with E-state index in [-0.39, 0.29) is 23.3 Å². The second-order valence-corrected chi connectivity index (χ2v) is 13.6.